The third-order valence-corrected chi connectivity index (χ3v) is 9.97. The largest absolute Gasteiger partial charge is 0.466 e. The van der Waals surface area contributed by atoms with E-state index in [2.05, 4.69) is 31.3 Å². The summed E-state index contributed by atoms with van der Waals surface area (Å²) >= 11 is 0. The van der Waals surface area contributed by atoms with Crippen molar-refractivity contribution < 1.29 is 24.5 Å². The molecular weight excluding hydrogens is 634 g/mol. The number of aliphatic hydroxyl groups excluding tert-OH is 2. The van der Waals surface area contributed by atoms with E-state index in [0.29, 0.717) is 19.4 Å². The molecule has 0 saturated heterocycles. The van der Waals surface area contributed by atoms with Crippen molar-refractivity contribution in [1.29, 1.82) is 0 Å². The first-order chi connectivity index (χ1) is 25.0. The molecule has 0 aromatic heterocycles. The van der Waals surface area contributed by atoms with Crippen molar-refractivity contribution in [2.24, 2.45) is 0 Å². The molecule has 0 spiro atoms. The minimum absolute atomic E-state index is 0.0158. The Morgan fingerprint density at radius 3 is 1.45 bits per heavy atom. The van der Waals surface area contributed by atoms with Gasteiger partial charge < -0.3 is 20.3 Å². The maximum atomic E-state index is 12.3. The zero-order chi connectivity index (χ0) is 37.3. The Labute approximate surface area is 316 Å². The van der Waals surface area contributed by atoms with Crippen molar-refractivity contribution in [3.05, 3.63) is 24.3 Å². The molecule has 2 atom stereocenters. The number of aliphatic hydroxyl groups is 2. The van der Waals surface area contributed by atoms with E-state index in [1.807, 2.05) is 6.08 Å². The van der Waals surface area contributed by atoms with Crippen LogP contribution in [0.1, 0.15) is 226 Å². The number of amides is 1. The fourth-order valence-electron chi connectivity index (χ4n) is 6.49. The SMILES string of the molecule is CCCC/C=C\CCCCCCCC(=O)OCCCCCCCCCCCCCCCCC(=O)NC(CO)C(O)/C=C/CCCCCCCCC. The number of rotatable bonds is 40. The van der Waals surface area contributed by atoms with Crippen molar-refractivity contribution >= 4 is 11.9 Å². The highest BCUT2D eigenvalue weighted by molar-refractivity contribution is 5.76. The van der Waals surface area contributed by atoms with Gasteiger partial charge in [0.15, 0.2) is 0 Å². The Balaban J connectivity index is 3.47. The average molecular weight is 720 g/mol. The van der Waals surface area contributed by atoms with Crippen LogP contribution in [-0.4, -0.2) is 47.4 Å². The number of carbonyl (C=O) groups excluding carboxylic acids is 2. The molecule has 0 fully saturated rings. The molecule has 2 unspecified atom stereocenters. The van der Waals surface area contributed by atoms with E-state index >= 15 is 0 Å². The molecule has 0 radical (unpaired) electrons. The number of allylic oxidation sites excluding steroid dienone is 3. The maximum absolute atomic E-state index is 12.3. The third-order valence-electron chi connectivity index (χ3n) is 9.97. The number of carbonyl (C=O) groups is 2. The van der Waals surface area contributed by atoms with E-state index in [1.54, 1.807) is 6.08 Å². The second kappa shape index (κ2) is 41.1. The standard InChI is InChI=1S/C45H85NO5/c1-3-5-7-9-11-13-18-23-27-31-35-39-45(50)51-40-36-32-28-24-20-17-15-14-16-19-22-26-30-34-38-44(49)46-42(41-47)43(48)37-33-29-25-21-12-10-8-6-4-2/h9,11,33,37,42-43,47-48H,3-8,10,12-32,34-36,38-41H2,1-2H3,(H,46,49)/b11-9-,37-33+. The highest BCUT2D eigenvalue weighted by Gasteiger charge is 2.18. The summed E-state index contributed by atoms with van der Waals surface area (Å²) in [6.07, 6.45) is 45.9. The molecule has 0 aromatic rings. The lowest BCUT2D eigenvalue weighted by Crippen LogP contribution is -2.45. The van der Waals surface area contributed by atoms with Gasteiger partial charge in [-0.1, -0.05) is 186 Å². The van der Waals surface area contributed by atoms with Gasteiger partial charge in [0.05, 0.1) is 25.4 Å². The maximum Gasteiger partial charge on any atom is 0.305 e. The Hall–Kier alpha value is -1.66. The zero-order valence-corrected chi connectivity index (χ0v) is 33.8. The fourth-order valence-corrected chi connectivity index (χ4v) is 6.49. The zero-order valence-electron chi connectivity index (χ0n) is 33.8. The van der Waals surface area contributed by atoms with Crippen LogP contribution in [0.2, 0.25) is 0 Å². The number of hydrogen-bond donors (Lipinski definition) is 3. The van der Waals surface area contributed by atoms with Gasteiger partial charge in [-0.2, -0.15) is 0 Å². The van der Waals surface area contributed by atoms with Crippen molar-refractivity contribution in [3.8, 4) is 0 Å². The van der Waals surface area contributed by atoms with Crippen molar-refractivity contribution in [2.75, 3.05) is 13.2 Å². The summed E-state index contributed by atoms with van der Waals surface area (Å²) in [6, 6.07) is -0.633. The summed E-state index contributed by atoms with van der Waals surface area (Å²) in [4.78, 5) is 24.3. The molecule has 0 heterocycles. The number of hydrogen-bond acceptors (Lipinski definition) is 5. The van der Waals surface area contributed by atoms with Crippen LogP contribution in [0.4, 0.5) is 0 Å². The van der Waals surface area contributed by atoms with Gasteiger partial charge in [0.25, 0.3) is 0 Å². The Morgan fingerprint density at radius 1 is 0.529 bits per heavy atom. The van der Waals surface area contributed by atoms with Crippen LogP contribution in [0.3, 0.4) is 0 Å². The van der Waals surface area contributed by atoms with Gasteiger partial charge in [0.1, 0.15) is 0 Å². The lowest BCUT2D eigenvalue weighted by atomic mass is 10.0. The van der Waals surface area contributed by atoms with Crippen molar-refractivity contribution in [3.63, 3.8) is 0 Å². The van der Waals surface area contributed by atoms with Crippen LogP contribution in [0.15, 0.2) is 24.3 Å². The molecule has 3 N–H and O–H groups in total. The normalized spacial score (nSPS) is 12.9. The summed E-state index contributed by atoms with van der Waals surface area (Å²) in [5.41, 5.74) is 0. The van der Waals surface area contributed by atoms with E-state index in [1.165, 1.54) is 141 Å². The summed E-state index contributed by atoms with van der Waals surface area (Å²) < 4.78 is 5.43. The summed E-state index contributed by atoms with van der Waals surface area (Å²) in [5.74, 6) is -0.0985. The Kier molecular flexibility index (Phi) is 39.8. The Morgan fingerprint density at radius 2 is 0.941 bits per heavy atom. The van der Waals surface area contributed by atoms with Gasteiger partial charge in [0, 0.05) is 12.8 Å². The molecule has 0 aliphatic rings. The minimum atomic E-state index is -0.848. The molecule has 0 aliphatic heterocycles. The molecule has 0 aliphatic carbocycles. The van der Waals surface area contributed by atoms with Gasteiger partial charge in [-0.05, 0) is 51.4 Å². The number of esters is 1. The first kappa shape index (κ1) is 49.3. The average Bonchev–Trinajstić information content (AvgIpc) is 3.13. The summed E-state index contributed by atoms with van der Waals surface area (Å²) in [7, 11) is 0. The molecule has 0 saturated carbocycles. The van der Waals surface area contributed by atoms with E-state index < -0.39 is 12.1 Å². The first-order valence-corrected chi connectivity index (χ1v) is 22.1. The highest BCUT2D eigenvalue weighted by atomic mass is 16.5. The molecule has 0 rings (SSSR count). The molecule has 6 heteroatoms. The van der Waals surface area contributed by atoms with Crippen molar-refractivity contribution in [1.82, 2.24) is 5.32 Å². The molecule has 1 amide bonds. The Bertz CT molecular complexity index is 797. The molecule has 6 nitrogen and oxygen atoms in total. The minimum Gasteiger partial charge on any atom is -0.466 e. The molecule has 0 bridgehead atoms. The monoisotopic (exact) mass is 720 g/mol. The lowest BCUT2D eigenvalue weighted by molar-refractivity contribution is -0.143. The van der Waals surface area contributed by atoms with Crippen LogP contribution in [0.5, 0.6) is 0 Å². The molecule has 0 aromatic carbocycles. The van der Waals surface area contributed by atoms with E-state index in [-0.39, 0.29) is 18.5 Å². The van der Waals surface area contributed by atoms with Gasteiger partial charge >= 0.3 is 5.97 Å². The van der Waals surface area contributed by atoms with Gasteiger partial charge in [-0.15, -0.1) is 0 Å². The number of unbranched alkanes of at least 4 members (excludes halogenated alkanes) is 27. The quantitative estimate of drug-likeness (QED) is 0.0333. The van der Waals surface area contributed by atoms with Crippen LogP contribution in [0, 0.1) is 0 Å². The smallest absolute Gasteiger partial charge is 0.305 e. The van der Waals surface area contributed by atoms with Gasteiger partial charge in [-0.3, -0.25) is 9.59 Å². The van der Waals surface area contributed by atoms with E-state index in [4.69, 9.17) is 4.74 Å². The van der Waals surface area contributed by atoms with Crippen molar-refractivity contribution in [2.45, 2.75) is 238 Å². The van der Waals surface area contributed by atoms with Crippen LogP contribution in [-0.2, 0) is 14.3 Å². The summed E-state index contributed by atoms with van der Waals surface area (Å²) in [5, 5.41) is 22.8. The fraction of sp³-hybridized carbons (Fsp3) is 0.867. The third kappa shape index (κ3) is 37.9. The molecular formula is C45H85NO5. The predicted octanol–water partition coefficient (Wildman–Crippen LogP) is 12.4. The second-order valence-corrected chi connectivity index (χ2v) is 15.0. The van der Waals surface area contributed by atoms with Gasteiger partial charge in [-0.25, -0.2) is 0 Å². The number of ether oxygens (including phenoxy) is 1. The van der Waals surface area contributed by atoms with E-state index in [9.17, 15) is 19.8 Å². The van der Waals surface area contributed by atoms with E-state index in [0.717, 1.165) is 57.8 Å². The first-order valence-electron chi connectivity index (χ1n) is 22.1. The van der Waals surface area contributed by atoms with Crippen LogP contribution >= 0.6 is 0 Å². The van der Waals surface area contributed by atoms with Crippen LogP contribution in [0.25, 0.3) is 0 Å². The highest BCUT2D eigenvalue weighted by Crippen LogP contribution is 2.15. The number of nitrogens with one attached hydrogen (secondary N) is 1. The second-order valence-electron chi connectivity index (χ2n) is 15.0. The lowest BCUT2D eigenvalue weighted by Gasteiger charge is -2.20. The molecule has 51 heavy (non-hydrogen) atoms. The topological polar surface area (TPSA) is 95.9 Å². The van der Waals surface area contributed by atoms with Crippen LogP contribution < -0.4 is 5.32 Å². The predicted molar refractivity (Wildman–Crippen MR) is 218 cm³/mol. The summed E-state index contributed by atoms with van der Waals surface area (Å²) in [6.45, 7) is 4.79. The van der Waals surface area contributed by atoms with Gasteiger partial charge in [0.2, 0.25) is 5.91 Å². The molecule has 300 valence electrons.